The molecule has 2 heterocycles. The lowest BCUT2D eigenvalue weighted by atomic mass is 9.95. The molecule has 2 aromatic carbocycles. The van der Waals surface area contributed by atoms with Gasteiger partial charge in [-0.2, -0.15) is 10.1 Å². The van der Waals surface area contributed by atoms with E-state index in [0.29, 0.717) is 47.5 Å². The summed E-state index contributed by atoms with van der Waals surface area (Å²) in [6, 6.07) is 11.3. The van der Waals surface area contributed by atoms with Crippen LogP contribution < -0.4 is 14.8 Å². The first kappa shape index (κ1) is 24.3. The number of fused-ring (bicyclic) bond motifs is 1. The maximum atomic E-state index is 14.0. The number of ether oxygens (including phenoxy) is 3. The van der Waals surface area contributed by atoms with Gasteiger partial charge in [-0.3, -0.25) is 0 Å². The third-order valence-corrected chi connectivity index (χ3v) is 5.67. The highest BCUT2D eigenvalue weighted by atomic mass is 19.1. The normalized spacial score (nSPS) is 14.8. The Hall–Kier alpha value is -3.88. The fourth-order valence-electron chi connectivity index (χ4n) is 3.90. The summed E-state index contributed by atoms with van der Waals surface area (Å²) >= 11 is 0. The molecule has 3 aromatic rings. The van der Waals surface area contributed by atoms with Gasteiger partial charge < -0.3 is 19.5 Å². The van der Waals surface area contributed by atoms with Gasteiger partial charge in [-0.1, -0.05) is 37.6 Å². The molecule has 0 saturated heterocycles. The molecule has 184 valence electrons. The Morgan fingerprint density at radius 1 is 1.14 bits per heavy atom. The number of hydrogen-bond donors (Lipinski definition) is 1. The lowest BCUT2D eigenvalue weighted by molar-refractivity contribution is -0.139. The van der Waals surface area contributed by atoms with Crippen LogP contribution in [-0.4, -0.2) is 33.9 Å². The van der Waals surface area contributed by atoms with E-state index in [1.165, 1.54) is 12.4 Å². The second kappa shape index (κ2) is 11.0. The number of carbonyl (C=O) groups excluding carboxylic acids is 1. The van der Waals surface area contributed by atoms with Gasteiger partial charge >= 0.3 is 5.97 Å². The first-order valence-corrected chi connectivity index (χ1v) is 11.7. The fraction of sp³-hybridized carbons (Fsp3) is 0.346. The van der Waals surface area contributed by atoms with Crippen molar-refractivity contribution in [2.75, 3.05) is 18.5 Å². The number of unbranched alkanes of at least 4 members (excludes halogenated alkanes) is 1. The summed E-state index contributed by atoms with van der Waals surface area (Å²) in [5.74, 6) is 0.738. The van der Waals surface area contributed by atoms with Gasteiger partial charge in [-0.15, -0.1) is 0 Å². The molecule has 0 fully saturated rings. The number of anilines is 1. The van der Waals surface area contributed by atoms with Gasteiger partial charge in [0.25, 0.3) is 0 Å². The Bertz CT molecular complexity index is 1220. The summed E-state index contributed by atoms with van der Waals surface area (Å²) in [6.45, 7) is 6.53. The molecule has 1 aromatic heterocycles. The number of nitrogens with zero attached hydrogens (tertiary/aromatic N) is 3. The van der Waals surface area contributed by atoms with Gasteiger partial charge in [0, 0.05) is 11.3 Å². The van der Waals surface area contributed by atoms with Crippen molar-refractivity contribution in [1.82, 2.24) is 14.8 Å². The van der Waals surface area contributed by atoms with E-state index in [-0.39, 0.29) is 12.4 Å². The maximum absolute atomic E-state index is 14.0. The minimum atomic E-state index is -0.567. The number of hydrogen-bond acceptors (Lipinski definition) is 7. The van der Waals surface area contributed by atoms with Crippen molar-refractivity contribution in [2.24, 2.45) is 0 Å². The highest BCUT2D eigenvalue weighted by Crippen LogP contribution is 2.39. The minimum Gasteiger partial charge on any atom is -0.490 e. The number of benzene rings is 2. The van der Waals surface area contributed by atoms with Crippen LogP contribution in [0.3, 0.4) is 0 Å². The molecular weight excluding hydrogens is 451 g/mol. The lowest BCUT2D eigenvalue weighted by Crippen LogP contribution is -2.29. The summed E-state index contributed by atoms with van der Waals surface area (Å²) in [5, 5.41) is 7.48. The zero-order valence-corrected chi connectivity index (χ0v) is 20.1. The molecule has 0 bridgehead atoms. The first-order valence-electron chi connectivity index (χ1n) is 11.7. The molecular formula is C26H29FN4O4. The number of rotatable bonds is 10. The Balaban J connectivity index is 1.67. The minimum absolute atomic E-state index is 0.0562. The van der Waals surface area contributed by atoms with Crippen LogP contribution in [-0.2, 0) is 16.1 Å². The molecule has 1 atom stereocenters. The SMILES string of the molecule is CCCCOC(=O)C1=C(C)Nc2ncnn2C1c1ccc(OCc2ccccc2F)c(OCC)c1. The van der Waals surface area contributed by atoms with E-state index in [9.17, 15) is 9.18 Å². The Morgan fingerprint density at radius 2 is 1.97 bits per heavy atom. The summed E-state index contributed by atoms with van der Waals surface area (Å²) < 4.78 is 33.0. The second-order valence-electron chi connectivity index (χ2n) is 8.10. The molecule has 35 heavy (non-hydrogen) atoms. The molecule has 0 spiro atoms. The molecule has 1 unspecified atom stereocenters. The van der Waals surface area contributed by atoms with Crippen molar-refractivity contribution in [3.63, 3.8) is 0 Å². The van der Waals surface area contributed by atoms with Crippen molar-refractivity contribution < 1.29 is 23.4 Å². The number of carbonyl (C=O) groups is 1. The van der Waals surface area contributed by atoms with E-state index in [0.717, 1.165) is 18.4 Å². The fourth-order valence-corrected chi connectivity index (χ4v) is 3.90. The largest absolute Gasteiger partial charge is 0.490 e. The monoisotopic (exact) mass is 480 g/mol. The van der Waals surface area contributed by atoms with Crippen LogP contribution in [0.15, 0.2) is 60.1 Å². The molecule has 0 amide bonds. The third kappa shape index (κ3) is 5.29. The number of nitrogens with one attached hydrogen (secondary N) is 1. The molecule has 0 radical (unpaired) electrons. The van der Waals surface area contributed by atoms with Gasteiger partial charge in [-0.05, 0) is 44.0 Å². The average molecular weight is 481 g/mol. The average Bonchev–Trinajstić information content (AvgIpc) is 3.31. The Kier molecular flexibility index (Phi) is 7.64. The molecule has 1 N–H and O–H groups in total. The molecule has 8 nitrogen and oxygen atoms in total. The predicted octanol–water partition coefficient (Wildman–Crippen LogP) is 5.03. The molecule has 9 heteroatoms. The van der Waals surface area contributed by atoms with Crippen LogP contribution >= 0.6 is 0 Å². The second-order valence-corrected chi connectivity index (χ2v) is 8.10. The van der Waals surface area contributed by atoms with E-state index in [2.05, 4.69) is 15.4 Å². The summed E-state index contributed by atoms with van der Waals surface area (Å²) in [4.78, 5) is 17.4. The van der Waals surface area contributed by atoms with Crippen LogP contribution in [0.4, 0.5) is 10.3 Å². The number of allylic oxidation sites excluding steroid dienone is 1. The van der Waals surface area contributed by atoms with E-state index in [1.807, 2.05) is 32.9 Å². The van der Waals surface area contributed by atoms with Crippen molar-refractivity contribution >= 4 is 11.9 Å². The highest BCUT2D eigenvalue weighted by molar-refractivity contribution is 5.92. The maximum Gasteiger partial charge on any atom is 0.338 e. The van der Waals surface area contributed by atoms with E-state index in [4.69, 9.17) is 14.2 Å². The van der Waals surface area contributed by atoms with E-state index < -0.39 is 12.0 Å². The highest BCUT2D eigenvalue weighted by Gasteiger charge is 2.35. The number of halogens is 1. The molecule has 0 saturated carbocycles. The van der Waals surface area contributed by atoms with Gasteiger partial charge in [-0.25, -0.2) is 13.9 Å². The first-order chi connectivity index (χ1) is 17.0. The van der Waals surface area contributed by atoms with Gasteiger partial charge in [0.15, 0.2) is 11.5 Å². The van der Waals surface area contributed by atoms with Crippen molar-refractivity contribution in [2.45, 2.75) is 46.3 Å². The zero-order valence-electron chi connectivity index (χ0n) is 20.1. The third-order valence-electron chi connectivity index (χ3n) is 5.67. The summed E-state index contributed by atoms with van der Waals surface area (Å²) in [5.41, 5.74) is 2.29. The molecule has 1 aliphatic heterocycles. The van der Waals surface area contributed by atoms with Crippen LogP contribution in [0.25, 0.3) is 0 Å². The Labute approximate surface area is 203 Å². The smallest absolute Gasteiger partial charge is 0.338 e. The summed E-state index contributed by atoms with van der Waals surface area (Å²) in [7, 11) is 0. The van der Waals surface area contributed by atoms with Crippen molar-refractivity contribution in [3.05, 3.63) is 77.0 Å². The van der Waals surface area contributed by atoms with Crippen molar-refractivity contribution in [3.8, 4) is 11.5 Å². The topological polar surface area (TPSA) is 87.5 Å². The van der Waals surface area contributed by atoms with Crippen LogP contribution in [0.1, 0.15) is 50.8 Å². The molecule has 1 aliphatic rings. The number of aromatic nitrogens is 3. The standard InChI is InChI=1S/C26H29FN4O4/c1-4-6-13-34-25(32)23-17(3)30-26-28-16-29-31(26)24(23)18-11-12-21(22(14-18)33-5-2)35-15-19-9-7-8-10-20(19)27/h7-12,14,16,24H,4-6,13,15H2,1-3H3,(H,28,29,30). The Morgan fingerprint density at radius 3 is 2.74 bits per heavy atom. The zero-order chi connectivity index (χ0) is 24.8. The van der Waals surface area contributed by atoms with E-state index >= 15 is 0 Å². The van der Waals surface area contributed by atoms with Gasteiger partial charge in [0.05, 0.1) is 18.8 Å². The lowest BCUT2D eigenvalue weighted by Gasteiger charge is -2.28. The van der Waals surface area contributed by atoms with E-state index in [1.54, 1.807) is 28.9 Å². The van der Waals surface area contributed by atoms with Crippen LogP contribution in [0.2, 0.25) is 0 Å². The van der Waals surface area contributed by atoms with Crippen molar-refractivity contribution in [1.29, 1.82) is 0 Å². The van der Waals surface area contributed by atoms with Gasteiger partial charge in [0.1, 0.15) is 24.8 Å². The van der Waals surface area contributed by atoms with Crippen LogP contribution in [0, 0.1) is 5.82 Å². The molecule has 4 rings (SSSR count). The van der Waals surface area contributed by atoms with Gasteiger partial charge in [0.2, 0.25) is 5.95 Å². The van der Waals surface area contributed by atoms with Crippen LogP contribution in [0.5, 0.6) is 11.5 Å². The predicted molar refractivity (Wildman–Crippen MR) is 129 cm³/mol. The quantitative estimate of drug-likeness (QED) is 0.322. The summed E-state index contributed by atoms with van der Waals surface area (Å²) in [6.07, 6.45) is 3.14. The molecule has 0 aliphatic carbocycles. The number of esters is 1.